The Bertz CT molecular complexity index is 1000. The van der Waals surface area contributed by atoms with Gasteiger partial charge in [-0.15, -0.1) is 0 Å². The number of fused-ring (bicyclic) bond motifs is 1. The van der Waals surface area contributed by atoms with E-state index in [0.717, 1.165) is 5.56 Å². The van der Waals surface area contributed by atoms with Gasteiger partial charge in [-0.2, -0.15) is 0 Å². The summed E-state index contributed by atoms with van der Waals surface area (Å²) in [5, 5.41) is 0. The van der Waals surface area contributed by atoms with Gasteiger partial charge in [0.05, 0.1) is 19.9 Å². The second-order valence-electron chi connectivity index (χ2n) is 5.58. The fourth-order valence-corrected chi connectivity index (χ4v) is 2.65. The predicted molar refractivity (Wildman–Crippen MR) is 94.9 cm³/mol. The second-order valence-corrected chi connectivity index (χ2v) is 5.58. The number of carbonyl (C=O) groups excluding carboxylic acids is 1. The smallest absolute Gasteiger partial charge is 0.346 e. The van der Waals surface area contributed by atoms with Gasteiger partial charge in [-0.3, -0.25) is 9.20 Å². The van der Waals surface area contributed by atoms with Crippen LogP contribution >= 0.6 is 0 Å². The summed E-state index contributed by atoms with van der Waals surface area (Å²) in [5.74, 6) is 0.0690. The molecule has 7 heteroatoms. The van der Waals surface area contributed by atoms with Crippen molar-refractivity contribution in [3.05, 3.63) is 69.8 Å². The maximum absolute atomic E-state index is 12.5. The molecule has 1 aromatic carbocycles. The van der Waals surface area contributed by atoms with Gasteiger partial charge in [0.15, 0.2) is 0 Å². The minimum atomic E-state index is -0.619. The lowest BCUT2D eigenvalue weighted by atomic mass is 10.2. The molecule has 0 bridgehead atoms. The Balaban J connectivity index is 1.88. The van der Waals surface area contributed by atoms with Gasteiger partial charge < -0.3 is 14.2 Å². The number of aromatic nitrogens is 2. The number of nitrogens with zero attached hydrogens (tertiary/aromatic N) is 2. The van der Waals surface area contributed by atoms with Crippen molar-refractivity contribution in [1.29, 1.82) is 0 Å². The van der Waals surface area contributed by atoms with Gasteiger partial charge in [0, 0.05) is 12.3 Å². The molecule has 0 spiro atoms. The van der Waals surface area contributed by atoms with Crippen LogP contribution in [0.15, 0.2) is 47.4 Å². The zero-order valence-corrected chi connectivity index (χ0v) is 14.7. The lowest BCUT2D eigenvalue weighted by Crippen LogP contribution is -2.17. The minimum Gasteiger partial charge on any atom is -0.496 e. The topological polar surface area (TPSA) is 79.1 Å². The van der Waals surface area contributed by atoms with Gasteiger partial charge in [0.2, 0.25) is 0 Å². The van der Waals surface area contributed by atoms with Crippen LogP contribution in [0.5, 0.6) is 11.5 Å². The Morgan fingerprint density at radius 3 is 2.46 bits per heavy atom. The highest BCUT2D eigenvalue weighted by atomic mass is 16.5. The van der Waals surface area contributed by atoms with E-state index in [1.807, 2.05) is 13.0 Å². The highest BCUT2D eigenvalue weighted by Gasteiger charge is 2.20. The molecule has 3 rings (SSSR count). The molecule has 0 atom stereocenters. The lowest BCUT2D eigenvalue weighted by Gasteiger charge is -2.12. The number of hydrogen-bond acceptors (Lipinski definition) is 6. The van der Waals surface area contributed by atoms with Gasteiger partial charge in [-0.25, -0.2) is 9.78 Å². The van der Waals surface area contributed by atoms with E-state index in [9.17, 15) is 9.59 Å². The van der Waals surface area contributed by atoms with E-state index in [1.54, 1.807) is 30.5 Å². The molecule has 0 aliphatic heterocycles. The van der Waals surface area contributed by atoms with Crippen molar-refractivity contribution in [2.75, 3.05) is 14.2 Å². The first-order valence-electron chi connectivity index (χ1n) is 7.91. The Labute approximate surface area is 149 Å². The molecule has 0 aliphatic rings. The van der Waals surface area contributed by atoms with Crippen LogP contribution in [-0.4, -0.2) is 29.6 Å². The second kappa shape index (κ2) is 7.26. The van der Waals surface area contributed by atoms with Crippen molar-refractivity contribution in [3.63, 3.8) is 0 Å². The highest BCUT2D eigenvalue weighted by molar-refractivity contribution is 5.95. The van der Waals surface area contributed by atoms with Crippen LogP contribution in [0.1, 0.15) is 21.6 Å². The number of pyridine rings is 1. The molecule has 2 aromatic heterocycles. The number of benzene rings is 1. The number of aryl methyl sites for hydroxylation is 1. The first-order valence-corrected chi connectivity index (χ1v) is 7.91. The summed E-state index contributed by atoms with van der Waals surface area (Å²) in [6.07, 6.45) is 1.65. The van der Waals surface area contributed by atoms with Crippen molar-refractivity contribution in [1.82, 2.24) is 9.38 Å². The maximum Gasteiger partial charge on any atom is 0.346 e. The summed E-state index contributed by atoms with van der Waals surface area (Å²) in [5.41, 5.74) is 1.70. The summed E-state index contributed by atoms with van der Waals surface area (Å²) in [6, 6.07) is 9.98. The number of rotatable bonds is 5. The Morgan fingerprint density at radius 2 is 1.81 bits per heavy atom. The van der Waals surface area contributed by atoms with E-state index >= 15 is 0 Å². The van der Waals surface area contributed by atoms with Crippen molar-refractivity contribution in [3.8, 4) is 11.5 Å². The summed E-state index contributed by atoms with van der Waals surface area (Å²) in [6.45, 7) is 1.72. The van der Waals surface area contributed by atoms with Gasteiger partial charge in [0.1, 0.15) is 29.3 Å². The minimum absolute atomic E-state index is 0.139. The van der Waals surface area contributed by atoms with E-state index in [1.165, 1.54) is 24.7 Å². The number of carbonyl (C=O) groups is 1. The molecule has 2 heterocycles. The van der Waals surface area contributed by atoms with Crippen molar-refractivity contribution < 1.29 is 19.0 Å². The molecule has 0 N–H and O–H groups in total. The third-order valence-electron chi connectivity index (χ3n) is 3.92. The zero-order chi connectivity index (χ0) is 18.7. The number of methoxy groups -OCH3 is 2. The first-order chi connectivity index (χ1) is 12.5. The average molecular weight is 354 g/mol. The highest BCUT2D eigenvalue weighted by Crippen LogP contribution is 2.29. The fourth-order valence-electron chi connectivity index (χ4n) is 2.65. The predicted octanol–water partition coefficient (Wildman–Crippen LogP) is 2.38. The van der Waals surface area contributed by atoms with Gasteiger partial charge >= 0.3 is 5.97 Å². The molecule has 0 amide bonds. The molecule has 7 nitrogen and oxygen atoms in total. The van der Waals surface area contributed by atoms with Gasteiger partial charge in [0.25, 0.3) is 5.56 Å². The van der Waals surface area contributed by atoms with Crippen LogP contribution in [0, 0.1) is 6.92 Å². The molecule has 3 aromatic rings. The van der Waals surface area contributed by atoms with Crippen LogP contribution in [0.4, 0.5) is 0 Å². The molecular weight excluding hydrogens is 336 g/mol. The number of esters is 1. The Kier molecular flexibility index (Phi) is 4.88. The molecule has 0 saturated heterocycles. The van der Waals surface area contributed by atoms with Crippen LogP contribution in [-0.2, 0) is 11.3 Å². The van der Waals surface area contributed by atoms with Gasteiger partial charge in [-0.05, 0) is 30.7 Å². The zero-order valence-electron chi connectivity index (χ0n) is 14.7. The number of hydrogen-bond donors (Lipinski definition) is 0. The fraction of sp³-hybridized carbons (Fsp3) is 0.211. The van der Waals surface area contributed by atoms with Crippen LogP contribution in [0.2, 0.25) is 0 Å². The number of ether oxygens (including phenoxy) is 3. The van der Waals surface area contributed by atoms with Crippen molar-refractivity contribution in [2.45, 2.75) is 13.5 Å². The van der Waals surface area contributed by atoms with Crippen LogP contribution in [0.3, 0.4) is 0 Å². The van der Waals surface area contributed by atoms with Crippen molar-refractivity contribution in [2.24, 2.45) is 0 Å². The summed E-state index contributed by atoms with van der Waals surface area (Å²) >= 11 is 0. The third kappa shape index (κ3) is 3.23. The first kappa shape index (κ1) is 17.5. The molecule has 0 saturated carbocycles. The summed E-state index contributed by atoms with van der Waals surface area (Å²) in [7, 11) is 2.92. The van der Waals surface area contributed by atoms with E-state index in [0.29, 0.717) is 22.8 Å². The third-order valence-corrected chi connectivity index (χ3v) is 3.92. The molecule has 26 heavy (non-hydrogen) atoms. The Morgan fingerprint density at radius 1 is 1.12 bits per heavy atom. The van der Waals surface area contributed by atoms with E-state index in [2.05, 4.69) is 4.98 Å². The molecular formula is C19H18N2O5. The molecule has 0 unspecified atom stereocenters. The van der Waals surface area contributed by atoms with Crippen LogP contribution < -0.4 is 15.0 Å². The quantitative estimate of drug-likeness (QED) is 0.655. The van der Waals surface area contributed by atoms with E-state index in [-0.39, 0.29) is 17.7 Å². The SMILES string of the molecule is COc1cccc(OC)c1C(=O)OCc1cc(=O)n2cccc(C)c2n1. The van der Waals surface area contributed by atoms with E-state index < -0.39 is 5.97 Å². The monoisotopic (exact) mass is 354 g/mol. The molecule has 0 radical (unpaired) electrons. The standard InChI is InChI=1S/C19H18N2O5/c1-12-6-5-9-21-16(22)10-13(20-18(12)21)11-26-19(23)17-14(24-2)7-4-8-15(17)25-3/h4-10H,11H2,1-3H3. The molecule has 0 aliphatic carbocycles. The Hall–Kier alpha value is -3.35. The normalized spacial score (nSPS) is 10.6. The largest absolute Gasteiger partial charge is 0.496 e. The summed E-state index contributed by atoms with van der Waals surface area (Å²) < 4.78 is 17.2. The summed E-state index contributed by atoms with van der Waals surface area (Å²) in [4.78, 5) is 29.1. The van der Waals surface area contributed by atoms with Crippen molar-refractivity contribution >= 4 is 11.6 Å². The average Bonchev–Trinajstić information content (AvgIpc) is 2.66. The maximum atomic E-state index is 12.5. The van der Waals surface area contributed by atoms with E-state index in [4.69, 9.17) is 14.2 Å². The van der Waals surface area contributed by atoms with Gasteiger partial charge in [-0.1, -0.05) is 12.1 Å². The molecule has 0 fully saturated rings. The van der Waals surface area contributed by atoms with Crippen LogP contribution in [0.25, 0.3) is 5.65 Å². The lowest BCUT2D eigenvalue weighted by molar-refractivity contribution is 0.0460. The molecule has 134 valence electrons.